The van der Waals surface area contributed by atoms with Crippen LogP contribution in [0.3, 0.4) is 0 Å². The minimum Gasteiger partial charge on any atom is -0.461 e. The van der Waals surface area contributed by atoms with E-state index in [0.29, 0.717) is 0 Å². The third kappa shape index (κ3) is 5.22. The topological polar surface area (TPSA) is 38.3 Å². The lowest BCUT2D eigenvalue weighted by atomic mass is 10.1. The Labute approximate surface area is 87.2 Å². The fraction of sp³-hybridized carbons (Fsp3) is 0.909. The SMILES string of the molecule is CCCC(CCC)OC(=O)[C@H](C)NC. The molecule has 0 aliphatic carbocycles. The Hall–Kier alpha value is -0.570. The van der Waals surface area contributed by atoms with E-state index >= 15 is 0 Å². The van der Waals surface area contributed by atoms with Gasteiger partial charge >= 0.3 is 5.97 Å². The van der Waals surface area contributed by atoms with E-state index in [4.69, 9.17) is 4.74 Å². The molecule has 84 valence electrons. The number of hydrogen-bond acceptors (Lipinski definition) is 3. The molecule has 0 unspecified atom stereocenters. The number of carbonyl (C=O) groups excluding carboxylic acids is 1. The number of rotatable bonds is 7. The molecule has 0 heterocycles. The van der Waals surface area contributed by atoms with E-state index in [9.17, 15) is 4.79 Å². The van der Waals surface area contributed by atoms with Crippen molar-refractivity contribution in [1.82, 2.24) is 5.32 Å². The standard InChI is InChI=1S/C11H23NO2/c1-5-7-10(8-6-2)14-11(13)9(3)12-4/h9-10,12H,5-8H2,1-4H3/t9-/m0/s1. The molecule has 0 radical (unpaired) electrons. The summed E-state index contributed by atoms with van der Waals surface area (Å²) in [5.41, 5.74) is 0. The molecule has 0 fully saturated rings. The minimum atomic E-state index is -0.203. The first kappa shape index (κ1) is 13.4. The van der Waals surface area contributed by atoms with Crippen LogP contribution in [-0.4, -0.2) is 25.2 Å². The second-order valence-corrected chi connectivity index (χ2v) is 3.65. The quantitative estimate of drug-likeness (QED) is 0.641. The zero-order valence-corrected chi connectivity index (χ0v) is 9.80. The zero-order valence-electron chi connectivity index (χ0n) is 9.80. The Morgan fingerprint density at radius 3 is 2.14 bits per heavy atom. The molecule has 0 rings (SSSR count). The van der Waals surface area contributed by atoms with Gasteiger partial charge in [-0.3, -0.25) is 4.79 Å². The molecule has 1 atom stereocenters. The summed E-state index contributed by atoms with van der Waals surface area (Å²) in [6.45, 7) is 6.03. The van der Waals surface area contributed by atoms with E-state index in [-0.39, 0.29) is 18.1 Å². The highest BCUT2D eigenvalue weighted by atomic mass is 16.5. The van der Waals surface area contributed by atoms with Crippen LogP contribution in [0.15, 0.2) is 0 Å². The van der Waals surface area contributed by atoms with Gasteiger partial charge in [0.1, 0.15) is 12.1 Å². The van der Waals surface area contributed by atoms with Crippen molar-refractivity contribution in [2.24, 2.45) is 0 Å². The maximum Gasteiger partial charge on any atom is 0.323 e. The first-order valence-electron chi connectivity index (χ1n) is 5.53. The van der Waals surface area contributed by atoms with Crippen molar-refractivity contribution in [3.8, 4) is 0 Å². The van der Waals surface area contributed by atoms with Crippen molar-refractivity contribution in [2.75, 3.05) is 7.05 Å². The van der Waals surface area contributed by atoms with Gasteiger partial charge in [0.25, 0.3) is 0 Å². The molecule has 0 aromatic heterocycles. The third-order valence-corrected chi connectivity index (χ3v) is 2.29. The lowest BCUT2D eigenvalue weighted by molar-refractivity contribution is -0.151. The average molecular weight is 201 g/mol. The van der Waals surface area contributed by atoms with Gasteiger partial charge in [-0.1, -0.05) is 26.7 Å². The van der Waals surface area contributed by atoms with Crippen LogP contribution >= 0.6 is 0 Å². The molecule has 3 nitrogen and oxygen atoms in total. The number of nitrogens with one attached hydrogen (secondary N) is 1. The summed E-state index contributed by atoms with van der Waals surface area (Å²) in [6.07, 6.45) is 4.16. The van der Waals surface area contributed by atoms with Crippen molar-refractivity contribution >= 4 is 5.97 Å². The summed E-state index contributed by atoms with van der Waals surface area (Å²) in [6, 6.07) is -0.203. The van der Waals surface area contributed by atoms with E-state index in [1.165, 1.54) is 0 Å². The molecule has 0 aliphatic heterocycles. The van der Waals surface area contributed by atoms with E-state index in [2.05, 4.69) is 19.2 Å². The van der Waals surface area contributed by atoms with E-state index in [0.717, 1.165) is 25.7 Å². The number of hydrogen-bond donors (Lipinski definition) is 1. The summed E-state index contributed by atoms with van der Waals surface area (Å²) in [5.74, 6) is -0.139. The van der Waals surface area contributed by atoms with Gasteiger partial charge in [-0.15, -0.1) is 0 Å². The zero-order chi connectivity index (χ0) is 11.0. The van der Waals surface area contributed by atoms with Crippen LogP contribution < -0.4 is 5.32 Å². The summed E-state index contributed by atoms with van der Waals surface area (Å²) < 4.78 is 5.38. The monoisotopic (exact) mass is 201 g/mol. The summed E-state index contributed by atoms with van der Waals surface area (Å²) in [5, 5.41) is 2.88. The predicted octanol–water partition coefficient (Wildman–Crippen LogP) is 2.11. The predicted molar refractivity (Wildman–Crippen MR) is 58.2 cm³/mol. The number of likely N-dealkylation sites (N-methyl/N-ethyl adjacent to an activating group) is 1. The van der Waals surface area contributed by atoms with Gasteiger partial charge in [-0.25, -0.2) is 0 Å². The molecule has 0 saturated heterocycles. The van der Waals surface area contributed by atoms with Gasteiger partial charge in [0.05, 0.1) is 0 Å². The molecule has 14 heavy (non-hydrogen) atoms. The lowest BCUT2D eigenvalue weighted by Crippen LogP contribution is -2.35. The van der Waals surface area contributed by atoms with E-state index < -0.39 is 0 Å². The Bertz CT molecular complexity index is 153. The Morgan fingerprint density at radius 1 is 1.29 bits per heavy atom. The highest BCUT2D eigenvalue weighted by Gasteiger charge is 2.17. The van der Waals surface area contributed by atoms with Crippen molar-refractivity contribution in [1.29, 1.82) is 0 Å². The average Bonchev–Trinajstić information content (AvgIpc) is 2.17. The molecule has 1 N–H and O–H groups in total. The smallest absolute Gasteiger partial charge is 0.323 e. The second kappa shape index (κ2) is 7.80. The van der Waals surface area contributed by atoms with Crippen LogP contribution in [0.1, 0.15) is 46.5 Å². The van der Waals surface area contributed by atoms with Crippen molar-refractivity contribution in [2.45, 2.75) is 58.6 Å². The molecule has 0 bridgehead atoms. The fourth-order valence-corrected chi connectivity index (χ4v) is 1.29. The Balaban J connectivity index is 3.94. The molecule has 0 aliphatic rings. The van der Waals surface area contributed by atoms with E-state index in [1.807, 2.05) is 6.92 Å². The molecule has 0 aromatic carbocycles. The van der Waals surface area contributed by atoms with Crippen LogP contribution in [-0.2, 0) is 9.53 Å². The summed E-state index contributed by atoms with van der Waals surface area (Å²) in [7, 11) is 1.76. The normalized spacial score (nSPS) is 12.9. The first-order valence-corrected chi connectivity index (χ1v) is 5.53. The van der Waals surface area contributed by atoms with Crippen LogP contribution in [0.2, 0.25) is 0 Å². The third-order valence-electron chi connectivity index (χ3n) is 2.29. The lowest BCUT2D eigenvalue weighted by Gasteiger charge is -2.18. The Kier molecular flexibility index (Phi) is 7.48. The highest BCUT2D eigenvalue weighted by molar-refractivity contribution is 5.75. The number of esters is 1. The van der Waals surface area contributed by atoms with Gasteiger partial charge in [0.15, 0.2) is 0 Å². The van der Waals surface area contributed by atoms with Crippen molar-refractivity contribution < 1.29 is 9.53 Å². The molecule has 0 amide bonds. The van der Waals surface area contributed by atoms with Crippen LogP contribution in [0.5, 0.6) is 0 Å². The number of carbonyl (C=O) groups is 1. The summed E-state index contributed by atoms with van der Waals surface area (Å²) >= 11 is 0. The maximum absolute atomic E-state index is 11.4. The van der Waals surface area contributed by atoms with Gasteiger partial charge in [-0.05, 0) is 26.8 Å². The molecule has 0 aromatic rings. The number of ether oxygens (including phenoxy) is 1. The maximum atomic E-state index is 11.4. The van der Waals surface area contributed by atoms with Gasteiger partial charge in [-0.2, -0.15) is 0 Å². The fourth-order valence-electron chi connectivity index (χ4n) is 1.29. The first-order chi connectivity index (χ1) is 6.65. The van der Waals surface area contributed by atoms with E-state index in [1.54, 1.807) is 7.05 Å². The molecular weight excluding hydrogens is 178 g/mol. The van der Waals surface area contributed by atoms with Crippen LogP contribution in [0.25, 0.3) is 0 Å². The van der Waals surface area contributed by atoms with Gasteiger partial charge in [0.2, 0.25) is 0 Å². The Morgan fingerprint density at radius 2 is 1.79 bits per heavy atom. The van der Waals surface area contributed by atoms with Crippen molar-refractivity contribution in [3.05, 3.63) is 0 Å². The molecule has 0 spiro atoms. The molecular formula is C11H23NO2. The molecule has 0 saturated carbocycles. The largest absolute Gasteiger partial charge is 0.461 e. The highest BCUT2D eigenvalue weighted by Crippen LogP contribution is 2.10. The van der Waals surface area contributed by atoms with Crippen LogP contribution in [0, 0.1) is 0 Å². The van der Waals surface area contributed by atoms with Crippen molar-refractivity contribution in [3.63, 3.8) is 0 Å². The van der Waals surface area contributed by atoms with Gasteiger partial charge in [0, 0.05) is 0 Å². The molecule has 3 heteroatoms. The van der Waals surface area contributed by atoms with Crippen LogP contribution in [0.4, 0.5) is 0 Å². The van der Waals surface area contributed by atoms with Gasteiger partial charge < -0.3 is 10.1 Å². The minimum absolute atomic E-state index is 0.105. The summed E-state index contributed by atoms with van der Waals surface area (Å²) in [4.78, 5) is 11.4. The second-order valence-electron chi connectivity index (χ2n) is 3.65.